The van der Waals surface area contributed by atoms with E-state index in [2.05, 4.69) is 11.9 Å². The number of rotatable bonds is 4. The molecule has 0 aromatic rings. The number of amides is 1. The zero-order valence-corrected chi connectivity index (χ0v) is 7.05. The lowest BCUT2D eigenvalue weighted by Crippen LogP contribution is -2.46. The van der Waals surface area contributed by atoms with Gasteiger partial charge in [-0.25, -0.2) is 0 Å². The first-order valence-corrected chi connectivity index (χ1v) is 3.54. The number of aliphatic hydroxyl groups is 1. The fourth-order valence-electron chi connectivity index (χ4n) is 0.599. The molecule has 0 aliphatic heterocycles. The quantitative estimate of drug-likeness (QED) is 0.582. The molecule has 64 valence electrons. The molecule has 0 heterocycles. The Labute approximate surface area is 67.1 Å². The number of hydrogen-bond acceptors (Lipinski definition) is 2. The fraction of sp³-hybridized carbons (Fsp3) is 0.625. The summed E-state index contributed by atoms with van der Waals surface area (Å²) in [5, 5.41) is 11.4. The Morgan fingerprint density at radius 1 is 1.73 bits per heavy atom. The molecule has 0 saturated heterocycles. The number of carbonyl (C=O) groups excluding carboxylic acids is 1. The molecular weight excluding hydrogens is 142 g/mol. The molecule has 0 aliphatic rings. The molecule has 2 N–H and O–H groups in total. The van der Waals surface area contributed by atoms with Gasteiger partial charge in [-0.3, -0.25) is 4.79 Å². The molecule has 0 saturated carbocycles. The highest BCUT2D eigenvalue weighted by atomic mass is 16.3. The fourth-order valence-corrected chi connectivity index (χ4v) is 0.599. The summed E-state index contributed by atoms with van der Waals surface area (Å²) in [6, 6.07) is 0. The van der Waals surface area contributed by atoms with Crippen molar-refractivity contribution in [1.29, 1.82) is 0 Å². The highest BCUT2D eigenvalue weighted by molar-refractivity contribution is 5.78. The van der Waals surface area contributed by atoms with Crippen LogP contribution in [0, 0.1) is 0 Å². The summed E-state index contributed by atoms with van der Waals surface area (Å²) in [6.07, 6.45) is 1.83. The first kappa shape index (κ1) is 10.2. The van der Waals surface area contributed by atoms with Crippen molar-refractivity contribution in [3.05, 3.63) is 12.7 Å². The Bertz CT molecular complexity index is 152. The lowest BCUT2D eigenvalue weighted by molar-refractivity contribution is -0.122. The molecule has 0 aliphatic carbocycles. The summed E-state index contributed by atoms with van der Waals surface area (Å²) in [5.74, 6) is -0.112. The van der Waals surface area contributed by atoms with Gasteiger partial charge in [0.15, 0.2) is 0 Å². The van der Waals surface area contributed by atoms with E-state index >= 15 is 0 Å². The molecule has 3 heteroatoms. The minimum atomic E-state index is -0.528. The molecule has 0 atom stereocenters. The SMILES string of the molecule is C=CCC(=O)NC(C)(C)CO. The van der Waals surface area contributed by atoms with Crippen molar-refractivity contribution in [2.24, 2.45) is 0 Å². The smallest absolute Gasteiger partial charge is 0.224 e. The second kappa shape index (κ2) is 4.13. The van der Waals surface area contributed by atoms with Crippen molar-refractivity contribution in [2.45, 2.75) is 25.8 Å². The van der Waals surface area contributed by atoms with Crippen molar-refractivity contribution >= 4 is 5.91 Å². The summed E-state index contributed by atoms with van der Waals surface area (Å²) >= 11 is 0. The van der Waals surface area contributed by atoms with Crippen molar-refractivity contribution in [3.63, 3.8) is 0 Å². The minimum Gasteiger partial charge on any atom is -0.394 e. The van der Waals surface area contributed by atoms with Gasteiger partial charge in [-0.1, -0.05) is 6.08 Å². The van der Waals surface area contributed by atoms with Gasteiger partial charge >= 0.3 is 0 Å². The van der Waals surface area contributed by atoms with E-state index in [-0.39, 0.29) is 12.5 Å². The van der Waals surface area contributed by atoms with Crippen LogP contribution in [-0.2, 0) is 4.79 Å². The Hall–Kier alpha value is -0.830. The number of aliphatic hydroxyl groups excluding tert-OH is 1. The van der Waals surface area contributed by atoms with Crippen LogP contribution >= 0.6 is 0 Å². The van der Waals surface area contributed by atoms with Crippen LogP contribution in [0.5, 0.6) is 0 Å². The maximum atomic E-state index is 10.9. The van der Waals surface area contributed by atoms with Crippen LogP contribution in [0.25, 0.3) is 0 Å². The average molecular weight is 157 g/mol. The maximum Gasteiger partial charge on any atom is 0.224 e. The van der Waals surface area contributed by atoms with E-state index in [9.17, 15) is 4.79 Å². The van der Waals surface area contributed by atoms with E-state index in [1.54, 1.807) is 13.8 Å². The normalized spacial score (nSPS) is 10.8. The molecule has 0 spiro atoms. The predicted molar refractivity (Wildman–Crippen MR) is 44.1 cm³/mol. The van der Waals surface area contributed by atoms with Gasteiger partial charge in [0.25, 0.3) is 0 Å². The van der Waals surface area contributed by atoms with Gasteiger partial charge in [0.05, 0.1) is 12.1 Å². The van der Waals surface area contributed by atoms with Crippen LogP contribution in [0.15, 0.2) is 12.7 Å². The maximum absolute atomic E-state index is 10.9. The summed E-state index contributed by atoms with van der Waals surface area (Å²) in [7, 11) is 0. The van der Waals surface area contributed by atoms with Crippen LogP contribution in [0.3, 0.4) is 0 Å². The van der Waals surface area contributed by atoms with E-state index in [0.29, 0.717) is 6.42 Å². The largest absolute Gasteiger partial charge is 0.394 e. The number of carbonyl (C=O) groups is 1. The van der Waals surface area contributed by atoms with E-state index in [4.69, 9.17) is 5.11 Å². The first-order valence-electron chi connectivity index (χ1n) is 3.54. The zero-order valence-electron chi connectivity index (χ0n) is 7.05. The lowest BCUT2D eigenvalue weighted by atomic mass is 10.1. The molecule has 0 radical (unpaired) electrons. The summed E-state index contributed by atoms with van der Waals surface area (Å²) in [6.45, 7) is 6.89. The molecule has 0 aromatic carbocycles. The molecule has 3 nitrogen and oxygen atoms in total. The van der Waals surface area contributed by atoms with Gasteiger partial charge in [0.1, 0.15) is 0 Å². The molecular formula is C8H15NO2. The lowest BCUT2D eigenvalue weighted by Gasteiger charge is -2.22. The molecule has 11 heavy (non-hydrogen) atoms. The van der Waals surface area contributed by atoms with Crippen molar-refractivity contribution < 1.29 is 9.90 Å². The Balaban J connectivity index is 3.82. The Morgan fingerprint density at radius 2 is 2.27 bits per heavy atom. The van der Waals surface area contributed by atoms with Gasteiger partial charge in [-0.05, 0) is 13.8 Å². The third-order valence-electron chi connectivity index (χ3n) is 1.20. The number of hydrogen-bond donors (Lipinski definition) is 2. The standard InChI is InChI=1S/C8H15NO2/c1-4-5-7(11)9-8(2,3)6-10/h4,10H,1,5-6H2,2-3H3,(H,9,11). The molecule has 0 bridgehead atoms. The van der Waals surface area contributed by atoms with Gasteiger partial charge in [-0.15, -0.1) is 6.58 Å². The minimum absolute atomic E-state index is 0.0596. The Morgan fingerprint density at radius 3 is 2.64 bits per heavy atom. The number of nitrogens with one attached hydrogen (secondary N) is 1. The van der Waals surface area contributed by atoms with Crippen LogP contribution in [-0.4, -0.2) is 23.2 Å². The van der Waals surface area contributed by atoms with Crippen molar-refractivity contribution in [3.8, 4) is 0 Å². The second-order valence-corrected chi connectivity index (χ2v) is 3.08. The van der Waals surface area contributed by atoms with Crippen molar-refractivity contribution in [2.75, 3.05) is 6.61 Å². The van der Waals surface area contributed by atoms with Gasteiger partial charge < -0.3 is 10.4 Å². The topological polar surface area (TPSA) is 49.3 Å². The summed E-state index contributed by atoms with van der Waals surface area (Å²) < 4.78 is 0. The highest BCUT2D eigenvalue weighted by Gasteiger charge is 2.17. The molecule has 1 amide bonds. The van der Waals surface area contributed by atoms with Crippen LogP contribution in [0.1, 0.15) is 20.3 Å². The highest BCUT2D eigenvalue weighted by Crippen LogP contribution is 1.99. The van der Waals surface area contributed by atoms with Gasteiger partial charge in [0, 0.05) is 6.42 Å². The third-order valence-corrected chi connectivity index (χ3v) is 1.20. The second-order valence-electron chi connectivity index (χ2n) is 3.08. The van der Waals surface area contributed by atoms with Crippen LogP contribution < -0.4 is 5.32 Å². The van der Waals surface area contributed by atoms with Crippen LogP contribution in [0.4, 0.5) is 0 Å². The van der Waals surface area contributed by atoms with E-state index in [1.807, 2.05) is 0 Å². The zero-order chi connectivity index (χ0) is 8.91. The van der Waals surface area contributed by atoms with E-state index < -0.39 is 5.54 Å². The summed E-state index contributed by atoms with van der Waals surface area (Å²) in [5.41, 5.74) is -0.528. The van der Waals surface area contributed by atoms with E-state index in [0.717, 1.165) is 0 Å². The average Bonchev–Trinajstić information content (AvgIpc) is 1.87. The van der Waals surface area contributed by atoms with Crippen molar-refractivity contribution in [1.82, 2.24) is 5.32 Å². The molecule has 0 unspecified atom stereocenters. The molecule has 0 fully saturated rings. The van der Waals surface area contributed by atoms with E-state index in [1.165, 1.54) is 6.08 Å². The summed E-state index contributed by atoms with van der Waals surface area (Å²) in [4.78, 5) is 10.9. The first-order chi connectivity index (χ1) is 5.02. The van der Waals surface area contributed by atoms with Crippen LogP contribution in [0.2, 0.25) is 0 Å². The molecule has 0 aromatic heterocycles. The monoisotopic (exact) mass is 157 g/mol. The predicted octanol–water partition coefficient (Wildman–Crippen LogP) is 0.450. The van der Waals surface area contributed by atoms with Gasteiger partial charge in [-0.2, -0.15) is 0 Å². The molecule has 0 rings (SSSR count). The van der Waals surface area contributed by atoms with Gasteiger partial charge in [0.2, 0.25) is 5.91 Å². The Kier molecular flexibility index (Phi) is 3.82. The third kappa shape index (κ3) is 4.56.